The number of aliphatic hydroxyl groups is 1. The second-order valence-electron chi connectivity index (χ2n) is 2.99. The fourth-order valence-corrected chi connectivity index (χ4v) is 1.21. The molecule has 0 aliphatic carbocycles. The molecule has 0 unspecified atom stereocenters. The van der Waals surface area contributed by atoms with E-state index in [1.54, 1.807) is 12.1 Å². The molecule has 1 amide bonds. The third kappa shape index (κ3) is 4.22. The Kier molecular flexibility index (Phi) is 5.92. The third-order valence-electron chi connectivity index (χ3n) is 1.78. The zero-order valence-electron chi connectivity index (χ0n) is 8.74. The van der Waals surface area contributed by atoms with Crippen molar-refractivity contribution in [3.8, 4) is 0 Å². The van der Waals surface area contributed by atoms with Gasteiger partial charge in [-0.05, 0) is 12.1 Å². The van der Waals surface area contributed by atoms with Crippen molar-refractivity contribution in [3.63, 3.8) is 0 Å². The molecule has 6 heteroatoms. The van der Waals surface area contributed by atoms with Crippen molar-refractivity contribution >= 4 is 17.5 Å². The fraction of sp³-hybridized carbons (Fsp3) is 0.500. The van der Waals surface area contributed by atoms with Crippen molar-refractivity contribution in [2.45, 2.75) is 5.88 Å². The summed E-state index contributed by atoms with van der Waals surface area (Å²) in [6, 6.07) is 3.23. The molecule has 2 N–H and O–H groups in total. The first-order valence-corrected chi connectivity index (χ1v) is 5.43. The van der Waals surface area contributed by atoms with Crippen molar-refractivity contribution in [2.24, 2.45) is 0 Å². The fourth-order valence-electron chi connectivity index (χ4n) is 1.06. The number of halogens is 1. The molecule has 0 aromatic carbocycles. The molecule has 1 aromatic heterocycles. The Morgan fingerprint density at radius 1 is 1.50 bits per heavy atom. The summed E-state index contributed by atoms with van der Waals surface area (Å²) in [5.41, 5.74) is 0. The highest BCUT2D eigenvalue weighted by atomic mass is 35.5. The van der Waals surface area contributed by atoms with Gasteiger partial charge >= 0.3 is 0 Å². The average molecular weight is 248 g/mol. The number of hydrogen-bond donors (Lipinski definition) is 2. The topological polar surface area (TPSA) is 71.7 Å². The molecular formula is C10H14ClNO4. The molecule has 0 fully saturated rings. The van der Waals surface area contributed by atoms with Gasteiger partial charge in [0.25, 0.3) is 5.91 Å². The number of rotatable bonds is 7. The van der Waals surface area contributed by atoms with Crippen LogP contribution in [0.2, 0.25) is 0 Å². The maximum absolute atomic E-state index is 11.5. The summed E-state index contributed by atoms with van der Waals surface area (Å²) in [4.78, 5) is 11.5. The van der Waals surface area contributed by atoms with E-state index in [4.69, 9.17) is 25.9 Å². The molecule has 0 bridgehead atoms. The summed E-state index contributed by atoms with van der Waals surface area (Å²) in [6.45, 7) is 0.976. The lowest BCUT2D eigenvalue weighted by Crippen LogP contribution is -2.27. The van der Waals surface area contributed by atoms with Crippen LogP contribution >= 0.6 is 11.6 Å². The summed E-state index contributed by atoms with van der Waals surface area (Å²) < 4.78 is 10.1. The van der Waals surface area contributed by atoms with E-state index in [1.807, 2.05) is 0 Å². The van der Waals surface area contributed by atoms with Crippen molar-refractivity contribution in [1.82, 2.24) is 5.32 Å². The van der Waals surface area contributed by atoms with E-state index in [0.717, 1.165) is 0 Å². The predicted octanol–water partition coefficient (Wildman–Crippen LogP) is 0.757. The summed E-state index contributed by atoms with van der Waals surface area (Å²) in [7, 11) is 0. The van der Waals surface area contributed by atoms with Gasteiger partial charge in [-0.15, -0.1) is 11.6 Å². The van der Waals surface area contributed by atoms with E-state index in [1.165, 1.54) is 0 Å². The molecule has 1 heterocycles. The van der Waals surface area contributed by atoms with Crippen LogP contribution < -0.4 is 5.32 Å². The van der Waals surface area contributed by atoms with Gasteiger partial charge in [0.2, 0.25) is 0 Å². The Morgan fingerprint density at radius 3 is 2.94 bits per heavy atom. The Morgan fingerprint density at radius 2 is 2.31 bits per heavy atom. The monoisotopic (exact) mass is 247 g/mol. The molecule has 16 heavy (non-hydrogen) atoms. The lowest BCUT2D eigenvalue weighted by molar-refractivity contribution is 0.0820. The predicted molar refractivity (Wildman–Crippen MR) is 58.5 cm³/mol. The van der Waals surface area contributed by atoms with Gasteiger partial charge < -0.3 is 19.6 Å². The number of carbonyl (C=O) groups excluding carboxylic acids is 1. The molecule has 0 aliphatic heterocycles. The van der Waals surface area contributed by atoms with Gasteiger partial charge in [0.05, 0.1) is 25.7 Å². The zero-order valence-corrected chi connectivity index (χ0v) is 9.50. The SMILES string of the molecule is O=C(NCCOCCO)c1ccc(CCl)o1. The summed E-state index contributed by atoms with van der Waals surface area (Å²) in [5, 5.41) is 11.1. The zero-order chi connectivity index (χ0) is 11.8. The van der Waals surface area contributed by atoms with Gasteiger partial charge in [-0.1, -0.05) is 0 Å². The first kappa shape index (κ1) is 13.0. The van der Waals surface area contributed by atoms with E-state index in [9.17, 15) is 4.79 Å². The second-order valence-corrected chi connectivity index (χ2v) is 3.26. The van der Waals surface area contributed by atoms with E-state index in [2.05, 4.69) is 5.32 Å². The maximum Gasteiger partial charge on any atom is 0.287 e. The van der Waals surface area contributed by atoms with Gasteiger partial charge in [0, 0.05) is 6.54 Å². The summed E-state index contributed by atoms with van der Waals surface area (Å²) >= 11 is 5.54. The first-order chi connectivity index (χ1) is 7.77. The summed E-state index contributed by atoms with van der Waals surface area (Å²) in [5.74, 6) is 0.734. The summed E-state index contributed by atoms with van der Waals surface area (Å²) in [6.07, 6.45) is 0. The molecule has 90 valence electrons. The van der Waals surface area contributed by atoms with Gasteiger partial charge in [-0.3, -0.25) is 4.79 Å². The highest BCUT2D eigenvalue weighted by Crippen LogP contribution is 2.09. The van der Waals surface area contributed by atoms with Crippen molar-refractivity contribution < 1.29 is 19.1 Å². The van der Waals surface area contributed by atoms with E-state index < -0.39 is 0 Å². The van der Waals surface area contributed by atoms with Crippen LogP contribution in [0.5, 0.6) is 0 Å². The number of ether oxygens (including phenoxy) is 1. The van der Waals surface area contributed by atoms with Crippen LogP contribution in [-0.2, 0) is 10.6 Å². The molecule has 1 rings (SSSR count). The average Bonchev–Trinajstić information content (AvgIpc) is 2.77. The molecule has 5 nitrogen and oxygen atoms in total. The maximum atomic E-state index is 11.5. The number of alkyl halides is 1. The molecule has 0 saturated heterocycles. The van der Waals surface area contributed by atoms with Crippen LogP contribution in [0.15, 0.2) is 16.5 Å². The van der Waals surface area contributed by atoms with E-state index in [0.29, 0.717) is 18.9 Å². The standard InChI is InChI=1S/C10H14ClNO4/c11-7-8-1-2-9(16-8)10(14)12-3-5-15-6-4-13/h1-2,13H,3-7H2,(H,12,14). The Labute approximate surface area is 98.3 Å². The molecule has 0 aliphatic rings. The van der Waals surface area contributed by atoms with Crippen molar-refractivity contribution in [2.75, 3.05) is 26.4 Å². The Balaban J connectivity index is 2.24. The quantitative estimate of drug-likeness (QED) is 0.551. The molecule has 0 radical (unpaired) electrons. The molecule has 0 saturated carbocycles. The minimum Gasteiger partial charge on any atom is -0.455 e. The van der Waals surface area contributed by atoms with Gasteiger partial charge in [0.1, 0.15) is 5.76 Å². The Hall–Kier alpha value is -1.04. The van der Waals surface area contributed by atoms with Crippen LogP contribution in [0.4, 0.5) is 0 Å². The van der Waals surface area contributed by atoms with Crippen LogP contribution in [-0.4, -0.2) is 37.4 Å². The van der Waals surface area contributed by atoms with Crippen LogP contribution in [0.3, 0.4) is 0 Å². The van der Waals surface area contributed by atoms with Crippen molar-refractivity contribution in [1.29, 1.82) is 0 Å². The van der Waals surface area contributed by atoms with Crippen LogP contribution in [0.1, 0.15) is 16.3 Å². The lowest BCUT2D eigenvalue weighted by atomic mass is 10.4. The lowest BCUT2D eigenvalue weighted by Gasteiger charge is -2.03. The molecule has 0 atom stereocenters. The number of hydrogen-bond acceptors (Lipinski definition) is 4. The molecule has 1 aromatic rings. The van der Waals surface area contributed by atoms with Crippen LogP contribution in [0.25, 0.3) is 0 Å². The normalized spacial score (nSPS) is 10.4. The van der Waals surface area contributed by atoms with Crippen molar-refractivity contribution in [3.05, 3.63) is 23.7 Å². The number of nitrogens with one attached hydrogen (secondary N) is 1. The second kappa shape index (κ2) is 7.27. The number of amides is 1. The largest absolute Gasteiger partial charge is 0.455 e. The van der Waals surface area contributed by atoms with E-state index in [-0.39, 0.29) is 30.8 Å². The first-order valence-electron chi connectivity index (χ1n) is 4.89. The smallest absolute Gasteiger partial charge is 0.287 e. The van der Waals surface area contributed by atoms with Gasteiger partial charge in [-0.25, -0.2) is 0 Å². The molecule has 0 spiro atoms. The Bertz CT molecular complexity index is 326. The van der Waals surface area contributed by atoms with Crippen LogP contribution in [0, 0.1) is 0 Å². The minimum absolute atomic E-state index is 0.0226. The minimum atomic E-state index is -0.302. The highest BCUT2D eigenvalue weighted by Gasteiger charge is 2.09. The number of aliphatic hydroxyl groups excluding tert-OH is 1. The number of carbonyl (C=O) groups is 1. The highest BCUT2D eigenvalue weighted by molar-refractivity contribution is 6.16. The third-order valence-corrected chi connectivity index (χ3v) is 2.05. The van der Waals surface area contributed by atoms with E-state index >= 15 is 0 Å². The molecular weight excluding hydrogens is 234 g/mol. The van der Waals surface area contributed by atoms with Gasteiger partial charge in [0.15, 0.2) is 5.76 Å². The van der Waals surface area contributed by atoms with Gasteiger partial charge in [-0.2, -0.15) is 0 Å². The number of furan rings is 1.